The minimum atomic E-state index is -0.576. The number of hydrogen-bond donors (Lipinski definition) is 2. The average molecular weight is 310 g/mol. The molecule has 1 heterocycles. The van der Waals surface area contributed by atoms with E-state index < -0.39 is 11.7 Å². The number of anilines is 2. The highest BCUT2D eigenvalue weighted by molar-refractivity contribution is 6.34. The Bertz CT molecular complexity index is 662. The molecule has 0 atom stereocenters. The van der Waals surface area contributed by atoms with Crippen LogP contribution in [0.5, 0.6) is 0 Å². The summed E-state index contributed by atoms with van der Waals surface area (Å²) in [5.74, 6) is 0.498. The molecule has 0 spiro atoms. The van der Waals surface area contributed by atoms with Crippen molar-refractivity contribution in [2.75, 3.05) is 11.1 Å². The van der Waals surface area contributed by atoms with Crippen LogP contribution < -0.4 is 11.1 Å². The van der Waals surface area contributed by atoms with E-state index in [2.05, 4.69) is 10.3 Å². The number of oxazole rings is 1. The van der Waals surface area contributed by atoms with Crippen molar-refractivity contribution in [2.45, 2.75) is 26.4 Å². The van der Waals surface area contributed by atoms with Gasteiger partial charge < -0.3 is 14.9 Å². The predicted molar refractivity (Wildman–Crippen MR) is 81.2 cm³/mol. The van der Waals surface area contributed by atoms with Gasteiger partial charge in [-0.15, -0.1) is 0 Å². The monoisotopic (exact) mass is 309 g/mol. The Labute approximate surface area is 127 Å². The molecule has 0 aliphatic rings. The van der Waals surface area contributed by atoms with E-state index in [4.69, 9.17) is 26.5 Å². The lowest BCUT2D eigenvalue weighted by Gasteiger charge is -2.20. The van der Waals surface area contributed by atoms with Crippen LogP contribution in [-0.4, -0.2) is 16.7 Å². The van der Waals surface area contributed by atoms with E-state index in [1.807, 2.05) is 0 Å². The Kier molecular flexibility index (Phi) is 4.09. The molecule has 7 heteroatoms. The van der Waals surface area contributed by atoms with Crippen molar-refractivity contribution in [2.24, 2.45) is 0 Å². The minimum absolute atomic E-state index is 0.0806. The van der Waals surface area contributed by atoms with Gasteiger partial charge in [-0.1, -0.05) is 11.6 Å². The maximum absolute atomic E-state index is 11.7. The molecule has 21 heavy (non-hydrogen) atoms. The van der Waals surface area contributed by atoms with Gasteiger partial charge in [-0.3, -0.25) is 5.32 Å². The number of amides is 1. The number of aromatic nitrogens is 1. The van der Waals surface area contributed by atoms with Crippen molar-refractivity contribution in [3.8, 4) is 11.3 Å². The Balaban J connectivity index is 2.15. The van der Waals surface area contributed by atoms with Crippen LogP contribution in [0.3, 0.4) is 0 Å². The normalized spacial score (nSPS) is 11.2. The Morgan fingerprint density at radius 3 is 2.67 bits per heavy atom. The SMILES string of the molecule is CC(C)(C)OC(=O)Nc1ccc(-c2cnc(N)o2)cc1Cl. The molecule has 0 bridgehead atoms. The third-order valence-electron chi connectivity index (χ3n) is 2.41. The summed E-state index contributed by atoms with van der Waals surface area (Å²) in [4.78, 5) is 15.5. The first-order valence-corrected chi connectivity index (χ1v) is 6.63. The number of benzene rings is 1. The van der Waals surface area contributed by atoms with Crippen molar-refractivity contribution in [1.29, 1.82) is 0 Å². The summed E-state index contributed by atoms with van der Waals surface area (Å²) in [7, 11) is 0. The smallest absolute Gasteiger partial charge is 0.412 e. The number of halogens is 1. The van der Waals surface area contributed by atoms with Gasteiger partial charge in [-0.05, 0) is 39.0 Å². The van der Waals surface area contributed by atoms with Gasteiger partial charge in [0.05, 0.1) is 16.9 Å². The second-order valence-corrected chi connectivity index (χ2v) is 5.79. The van der Waals surface area contributed by atoms with E-state index >= 15 is 0 Å². The summed E-state index contributed by atoms with van der Waals surface area (Å²) in [6.45, 7) is 5.35. The van der Waals surface area contributed by atoms with Gasteiger partial charge in [0.25, 0.3) is 6.01 Å². The first-order chi connectivity index (χ1) is 9.74. The molecule has 1 aromatic heterocycles. The van der Waals surface area contributed by atoms with Gasteiger partial charge in [0.1, 0.15) is 5.60 Å². The summed E-state index contributed by atoms with van der Waals surface area (Å²) < 4.78 is 10.4. The second kappa shape index (κ2) is 5.65. The zero-order valence-electron chi connectivity index (χ0n) is 11.9. The summed E-state index contributed by atoms with van der Waals surface area (Å²) in [6.07, 6.45) is 0.933. The minimum Gasteiger partial charge on any atom is -0.444 e. The lowest BCUT2D eigenvalue weighted by atomic mass is 10.1. The number of ether oxygens (including phenoxy) is 1. The lowest BCUT2D eigenvalue weighted by molar-refractivity contribution is 0.0636. The van der Waals surface area contributed by atoms with Crippen LogP contribution in [0.4, 0.5) is 16.5 Å². The van der Waals surface area contributed by atoms with Crippen molar-refractivity contribution >= 4 is 29.4 Å². The zero-order chi connectivity index (χ0) is 15.6. The van der Waals surface area contributed by atoms with Crippen molar-refractivity contribution in [1.82, 2.24) is 4.98 Å². The van der Waals surface area contributed by atoms with Crippen LogP contribution in [0.25, 0.3) is 11.3 Å². The number of hydrogen-bond acceptors (Lipinski definition) is 5. The van der Waals surface area contributed by atoms with Crippen LogP contribution in [0.1, 0.15) is 20.8 Å². The average Bonchev–Trinajstić information content (AvgIpc) is 2.76. The molecular formula is C14H16ClN3O3. The molecule has 0 aliphatic carbocycles. The molecule has 3 N–H and O–H groups in total. The number of carbonyl (C=O) groups excluding carboxylic acids is 1. The molecule has 0 aliphatic heterocycles. The Morgan fingerprint density at radius 1 is 1.43 bits per heavy atom. The number of nitrogens with two attached hydrogens (primary N) is 1. The molecule has 0 radical (unpaired) electrons. The molecule has 2 rings (SSSR count). The summed E-state index contributed by atoms with van der Waals surface area (Å²) in [6, 6.07) is 5.12. The predicted octanol–water partition coefficient (Wildman–Crippen LogP) is 3.92. The number of nitrogens with one attached hydrogen (secondary N) is 1. The van der Waals surface area contributed by atoms with Crippen molar-refractivity contribution in [3.05, 3.63) is 29.4 Å². The number of nitrogens with zero attached hydrogens (tertiary/aromatic N) is 1. The molecule has 0 saturated heterocycles. The fourth-order valence-electron chi connectivity index (χ4n) is 1.60. The number of rotatable bonds is 2. The zero-order valence-corrected chi connectivity index (χ0v) is 12.7. The first-order valence-electron chi connectivity index (χ1n) is 6.26. The van der Waals surface area contributed by atoms with Crippen LogP contribution in [0, 0.1) is 0 Å². The highest BCUT2D eigenvalue weighted by atomic mass is 35.5. The number of nitrogen functional groups attached to an aromatic ring is 1. The second-order valence-electron chi connectivity index (χ2n) is 5.38. The molecule has 0 unspecified atom stereocenters. The maximum atomic E-state index is 11.7. The topological polar surface area (TPSA) is 90.4 Å². The van der Waals surface area contributed by atoms with Crippen LogP contribution in [0.15, 0.2) is 28.8 Å². The molecule has 1 aromatic carbocycles. The quantitative estimate of drug-likeness (QED) is 0.877. The highest BCUT2D eigenvalue weighted by Gasteiger charge is 2.17. The first kappa shape index (κ1) is 15.2. The fraction of sp³-hybridized carbons (Fsp3) is 0.286. The summed E-state index contributed by atoms with van der Waals surface area (Å²) in [5.41, 5.74) is 6.00. The van der Waals surface area contributed by atoms with Gasteiger partial charge in [0.2, 0.25) is 0 Å². The van der Waals surface area contributed by atoms with Gasteiger partial charge in [-0.2, -0.15) is 0 Å². The fourth-order valence-corrected chi connectivity index (χ4v) is 1.83. The van der Waals surface area contributed by atoms with Gasteiger partial charge in [0, 0.05) is 5.56 Å². The standard InChI is InChI=1S/C14H16ClN3O3/c1-14(2,3)21-13(19)18-10-5-4-8(6-9(10)15)11-7-17-12(16)20-11/h4-7H,1-3H3,(H2,16,17)(H,18,19). The highest BCUT2D eigenvalue weighted by Crippen LogP contribution is 2.29. The van der Waals surface area contributed by atoms with E-state index in [-0.39, 0.29) is 6.01 Å². The van der Waals surface area contributed by atoms with Crippen LogP contribution in [-0.2, 0) is 4.74 Å². The Hall–Kier alpha value is -2.21. The molecule has 2 aromatic rings. The van der Waals surface area contributed by atoms with Gasteiger partial charge in [-0.25, -0.2) is 9.78 Å². The number of carbonyl (C=O) groups is 1. The van der Waals surface area contributed by atoms with E-state index in [9.17, 15) is 4.79 Å². The summed E-state index contributed by atoms with van der Waals surface area (Å²) >= 11 is 6.14. The molecular weight excluding hydrogens is 294 g/mol. The van der Waals surface area contributed by atoms with E-state index in [0.29, 0.717) is 22.0 Å². The molecule has 6 nitrogen and oxygen atoms in total. The molecule has 1 amide bonds. The van der Waals surface area contributed by atoms with E-state index in [0.717, 1.165) is 0 Å². The third kappa shape index (κ3) is 4.13. The van der Waals surface area contributed by atoms with Crippen molar-refractivity contribution < 1.29 is 13.9 Å². The molecule has 0 saturated carbocycles. The maximum Gasteiger partial charge on any atom is 0.412 e. The summed E-state index contributed by atoms with van der Waals surface area (Å²) in [5, 5.41) is 2.94. The lowest BCUT2D eigenvalue weighted by Crippen LogP contribution is -2.27. The van der Waals surface area contributed by atoms with Crippen LogP contribution >= 0.6 is 11.6 Å². The van der Waals surface area contributed by atoms with Crippen molar-refractivity contribution in [3.63, 3.8) is 0 Å². The van der Waals surface area contributed by atoms with Gasteiger partial charge >= 0.3 is 6.09 Å². The molecule has 0 fully saturated rings. The molecule has 112 valence electrons. The van der Waals surface area contributed by atoms with E-state index in [1.165, 1.54) is 6.20 Å². The largest absolute Gasteiger partial charge is 0.444 e. The van der Waals surface area contributed by atoms with Crippen LogP contribution in [0.2, 0.25) is 5.02 Å². The third-order valence-corrected chi connectivity index (χ3v) is 2.73. The van der Waals surface area contributed by atoms with Gasteiger partial charge in [0.15, 0.2) is 5.76 Å². The Morgan fingerprint density at radius 2 is 2.14 bits per heavy atom. The van der Waals surface area contributed by atoms with E-state index in [1.54, 1.807) is 39.0 Å².